The van der Waals surface area contributed by atoms with Crippen LogP contribution in [0.5, 0.6) is 0 Å². The zero-order valence-corrected chi connectivity index (χ0v) is 23.9. The molecule has 34 heavy (non-hydrogen) atoms. The van der Waals surface area contributed by atoms with Crippen LogP contribution in [-0.2, 0) is 23.9 Å². The molecule has 1 aromatic carbocycles. The summed E-state index contributed by atoms with van der Waals surface area (Å²) in [7, 11) is -6.27. The Morgan fingerprint density at radius 2 is 1.59 bits per heavy atom. The third kappa shape index (κ3) is 4.90. The van der Waals surface area contributed by atoms with Crippen LogP contribution in [0.15, 0.2) is 29.2 Å². The van der Waals surface area contributed by atoms with Crippen LogP contribution in [0.1, 0.15) is 61.0 Å². The summed E-state index contributed by atoms with van der Waals surface area (Å²) >= 11 is 0. The highest BCUT2D eigenvalue weighted by Gasteiger charge is 2.60. The molecule has 4 atom stereocenters. The van der Waals surface area contributed by atoms with Crippen LogP contribution >= 0.6 is 0 Å². The molecule has 194 valence electrons. The Morgan fingerprint density at radius 3 is 2.06 bits per heavy atom. The Morgan fingerprint density at radius 1 is 1.06 bits per heavy atom. The fraction of sp³-hybridized carbons (Fsp3) is 0.760. The maximum Gasteiger partial charge on any atom is 0.243 e. The highest BCUT2D eigenvalue weighted by atomic mass is 32.2. The van der Waals surface area contributed by atoms with E-state index < -0.39 is 48.5 Å². The summed E-state index contributed by atoms with van der Waals surface area (Å²) in [6.45, 7) is 18.5. The first-order valence-electron chi connectivity index (χ1n) is 12.4. The first-order valence-corrected chi connectivity index (χ1v) is 16.0. The summed E-state index contributed by atoms with van der Waals surface area (Å²) in [5, 5.41) is 10.6. The summed E-state index contributed by atoms with van der Waals surface area (Å²) < 4.78 is 48.4. The summed E-state index contributed by atoms with van der Waals surface area (Å²) in [6, 6.07) is 6.16. The number of aliphatic hydroxyl groups is 1. The van der Waals surface area contributed by atoms with Gasteiger partial charge in [-0.3, -0.25) is 0 Å². The molecule has 7 nitrogen and oxygen atoms in total. The van der Waals surface area contributed by atoms with Gasteiger partial charge in [-0.25, -0.2) is 8.42 Å². The Bertz CT molecular complexity index is 925. The Kier molecular flexibility index (Phi) is 8.10. The number of nitrogens with zero attached hydrogens (tertiary/aromatic N) is 1. The third-order valence-corrected chi connectivity index (χ3v) is 15.5. The van der Waals surface area contributed by atoms with E-state index in [-0.39, 0.29) is 34.7 Å². The number of benzene rings is 1. The molecule has 3 rings (SSSR count). The Hall–Kier alpha value is -0.813. The minimum atomic E-state index is -3.86. The van der Waals surface area contributed by atoms with Crippen molar-refractivity contribution in [3.63, 3.8) is 0 Å². The Balaban J connectivity index is 2.07. The summed E-state index contributed by atoms with van der Waals surface area (Å²) in [5.74, 6) is -0.823. The van der Waals surface area contributed by atoms with Gasteiger partial charge in [-0.05, 0) is 49.5 Å². The molecule has 2 aliphatic heterocycles. The largest absolute Gasteiger partial charge is 0.409 e. The number of hydrogen-bond donors (Lipinski definition) is 1. The summed E-state index contributed by atoms with van der Waals surface area (Å²) in [4.78, 5) is 0.221. The van der Waals surface area contributed by atoms with Gasteiger partial charge in [0, 0.05) is 6.54 Å². The van der Waals surface area contributed by atoms with Crippen LogP contribution in [0.3, 0.4) is 0 Å². The predicted molar refractivity (Wildman–Crippen MR) is 136 cm³/mol. The molecule has 0 radical (unpaired) electrons. The van der Waals surface area contributed by atoms with Gasteiger partial charge < -0.3 is 19.0 Å². The van der Waals surface area contributed by atoms with Gasteiger partial charge in [0.05, 0.1) is 23.6 Å². The SMILES string of the molecule is Cc1ccc(S(=O)(=O)N2C[C@H]3OC(C)(C)O[C@H]3[C@H]2[C@@H](CO)O[Si](C(C)C)(C(C)C)C(C)C)cc1. The number of fused-ring (bicyclic) bond motifs is 1. The van der Waals surface area contributed by atoms with E-state index in [4.69, 9.17) is 13.9 Å². The monoisotopic (exact) mass is 513 g/mol. The smallest absolute Gasteiger partial charge is 0.243 e. The lowest BCUT2D eigenvalue weighted by Gasteiger charge is -2.46. The van der Waals surface area contributed by atoms with Crippen LogP contribution < -0.4 is 0 Å². The third-order valence-electron chi connectivity index (χ3n) is 7.50. The second-order valence-corrected chi connectivity index (χ2v) is 18.5. The summed E-state index contributed by atoms with van der Waals surface area (Å²) in [5.41, 5.74) is 1.86. The van der Waals surface area contributed by atoms with Gasteiger partial charge in [0.25, 0.3) is 0 Å². The maximum absolute atomic E-state index is 13.8. The van der Waals surface area contributed by atoms with Gasteiger partial charge in [-0.2, -0.15) is 4.31 Å². The number of sulfonamides is 1. The average Bonchev–Trinajstić information content (AvgIpc) is 3.21. The molecular formula is C25H43NO6SSi. The van der Waals surface area contributed by atoms with Crippen molar-refractivity contribution in [3.8, 4) is 0 Å². The molecule has 0 aliphatic carbocycles. The van der Waals surface area contributed by atoms with Gasteiger partial charge >= 0.3 is 0 Å². The normalized spacial score (nSPS) is 26.6. The minimum absolute atomic E-state index is 0.161. The second kappa shape index (κ2) is 9.92. The minimum Gasteiger partial charge on any atom is -0.409 e. The van der Waals surface area contributed by atoms with Crippen molar-refractivity contribution in [1.29, 1.82) is 0 Å². The Labute approximate surface area is 207 Å². The van der Waals surface area contributed by atoms with E-state index in [9.17, 15) is 13.5 Å². The molecule has 0 unspecified atom stereocenters. The number of aliphatic hydroxyl groups excluding tert-OH is 1. The zero-order valence-electron chi connectivity index (χ0n) is 22.1. The number of ether oxygens (including phenoxy) is 2. The molecule has 2 aliphatic rings. The summed E-state index contributed by atoms with van der Waals surface area (Å²) in [6.07, 6.45) is -1.66. The highest BCUT2D eigenvalue weighted by Crippen LogP contribution is 2.46. The van der Waals surface area contributed by atoms with Crippen molar-refractivity contribution in [2.75, 3.05) is 13.2 Å². The lowest BCUT2D eigenvalue weighted by atomic mass is 10.1. The number of rotatable bonds is 9. The molecular weight excluding hydrogens is 470 g/mol. The first-order chi connectivity index (χ1) is 15.7. The average molecular weight is 514 g/mol. The van der Waals surface area contributed by atoms with Crippen LogP contribution in [0.25, 0.3) is 0 Å². The van der Waals surface area contributed by atoms with Crippen molar-refractivity contribution in [3.05, 3.63) is 29.8 Å². The molecule has 2 saturated heterocycles. The molecule has 1 N–H and O–H groups in total. The van der Waals surface area contributed by atoms with Crippen LogP contribution in [0, 0.1) is 6.92 Å². The van der Waals surface area contributed by atoms with E-state index in [1.807, 2.05) is 20.8 Å². The van der Waals surface area contributed by atoms with Crippen molar-refractivity contribution < 1.29 is 27.4 Å². The van der Waals surface area contributed by atoms with Crippen molar-refractivity contribution in [2.45, 2.75) is 114 Å². The second-order valence-electron chi connectivity index (χ2n) is 11.2. The van der Waals surface area contributed by atoms with Gasteiger partial charge in [-0.15, -0.1) is 0 Å². The fourth-order valence-corrected chi connectivity index (χ4v) is 13.4. The van der Waals surface area contributed by atoms with Crippen molar-refractivity contribution >= 4 is 18.3 Å². The molecule has 2 fully saturated rings. The molecule has 9 heteroatoms. The molecule has 0 bridgehead atoms. The van der Waals surface area contributed by atoms with Gasteiger partial charge in [0.15, 0.2) is 5.79 Å². The molecule has 0 saturated carbocycles. The van der Waals surface area contributed by atoms with Crippen LogP contribution in [-0.4, -0.2) is 69.4 Å². The zero-order chi connectivity index (χ0) is 25.6. The van der Waals surface area contributed by atoms with Gasteiger partial charge in [-0.1, -0.05) is 59.2 Å². The quantitative estimate of drug-likeness (QED) is 0.492. The van der Waals surface area contributed by atoms with Crippen LogP contribution in [0.2, 0.25) is 16.6 Å². The fourth-order valence-electron chi connectivity index (χ4n) is 6.14. The highest BCUT2D eigenvalue weighted by molar-refractivity contribution is 7.89. The number of aryl methyl sites for hydroxylation is 1. The standard InChI is InChI=1S/C25H43NO6SSi/c1-16(2)34(17(3)4,18(5)6)32-22(15-27)23-24-21(30-25(8,9)31-24)14-26(23)33(28,29)20-12-10-19(7)11-13-20/h10-13,16-18,21-24,27H,14-15H2,1-9H3/t21-,22-,23-,24-/m1/s1. The van der Waals surface area contributed by atoms with E-state index in [0.717, 1.165) is 5.56 Å². The van der Waals surface area contributed by atoms with Crippen molar-refractivity contribution in [1.82, 2.24) is 4.31 Å². The predicted octanol–water partition coefficient (Wildman–Crippen LogP) is 4.44. The van der Waals surface area contributed by atoms with E-state index in [1.54, 1.807) is 24.3 Å². The molecule has 1 aromatic rings. The van der Waals surface area contributed by atoms with E-state index in [0.29, 0.717) is 0 Å². The lowest BCUT2D eigenvalue weighted by Crippen LogP contribution is -2.58. The van der Waals surface area contributed by atoms with E-state index >= 15 is 0 Å². The molecule has 0 aromatic heterocycles. The van der Waals surface area contributed by atoms with E-state index in [2.05, 4.69) is 41.5 Å². The number of hydrogen-bond acceptors (Lipinski definition) is 6. The van der Waals surface area contributed by atoms with Crippen molar-refractivity contribution in [2.24, 2.45) is 0 Å². The molecule has 2 heterocycles. The topological polar surface area (TPSA) is 85.3 Å². The lowest BCUT2D eigenvalue weighted by molar-refractivity contribution is -0.162. The first kappa shape index (κ1) is 27.8. The van der Waals surface area contributed by atoms with Crippen LogP contribution in [0.4, 0.5) is 0 Å². The maximum atomic E-state index is 13.8. The van der Waals surface area contributed by atoms with Gasteiger partial charge in [0.1, 0.15) is 12.2 Å². The molecule has 0 spiro atoms. The van der Waals surface area contributed by atoms with E-state index in [1.165, 1.54) is 4.31 Å². The molecule has 0 amide bonds. The van der Waals surface area contributed by atoms with Gasteiger partial charge in [0.2, 0.25) is 18.3 Å².